The lowest BCUT2D eigenvalue weighted by Crippen LogP contribution is -2.31. The summed E-state index contributed by atoms with van der Waals surface area (Å²) in [4.78, 5) is 31.5. The topological polar surface area (TPSA) is 79.7 Å². The quantitative estimate of drug-likeness (QED) is 0.845. The van der Waals surface area contributed by atoms with Crippen LogP contribution >= 0.6 is 0 Å². The number of nitrogens with zero attached hydrogens (tertiary/aromatic N) is 2. The van der Waals surface area contributed by atoms with Crippen molar-refractivity contribution >= 4 is 17.4 Å². The Bertz CT molecular complexity index is 890. The molecule has 1 amide bonds. The van der Waals surface area contributed by atoms with Crippen LogP contribution in [0, 0.1) is 5.92 Å². The third kappa shape index (κ3) is 3.56. The molecule has 6 heteroatoms. The van der Waals surface area contributed by atoms with E-state index < -0.39 is 17.7 Å². The number of rotatable bonds is 6. The molecule has 1 aromatic heterocycles. The number of amides is 1. The number of hydrogen-bond acceptors (Lipinski definition) is 5. The van der Waals surface area contributed by atoms with Crippen molar-refractivity contribution in [3.63, 3.8) is 0 Å². The van der Waals surface area contributed by atoms with Crippen LogP contribution in [-0.4, -0.2) is 28.9 Å². The van der Waals surface area contributed by atoms with Gasteiger partial charge in [0.05, 0.1) is 18.4 Å². The van der Waals surface area contributed by atoms with Crippen LogP contribution in [-0.2, 0) is 9.59 Å². The summed E-state index contributed by atoms with van der Waals surface area (Å²) in [6.45, 7) is 3.84. The fourth-order valence-corrected chi connectivity index (χ4v) is 3.21. The summed E-state index contributed by atoms with van der Waals surface area (Å²) in [5.41, 5.74) is 1.13. The second kappa shape index (κ2) is 7.61. The molecule has 0 radical (unpaired) electrons. The van der Waals surface area contributed by atoms with Crippen LogP contribution in [0.4, 0.5) is 5.69 Å². The minimum atomic E-state index is -0.781. The number of ether oxygens (including phenoxy) is 1. The molecule has 2 heterocycles. The number of hydrogen-bond donors (Lipinski definition) is 1. The van der Waals surface area contributed by atoms with Crippen molar-refractivity contribution < 1.29 is 19.4 Å². The fourth-order valence-electron chi connectivity index (χ4n) is 3.21. The van der Waals surface area contributed by atoms with E-state index in [4.69, 9.17) is 4.74 Å². The lowest BCUT2D eigenvalue weighted by Gasteiger charge is -2.26. The number of ketones is 1. The lowest BCUT2D eigenvalue weighted by molar-refractivity contribution is -0.118. The van der Waals surface area contributed by atoms with Crippen molar-refractivity contribution in [3.8, 4) is 5.75 Å². The molecule has 0 saturated carbocycles. The van der Waals surface area contributed by atoms with E-state index in [-0.39, 0.29) is 23.7 Å². The molecule has 1 aromatic carbocycles. The van der Waals surface area contributed by atoms with Crippen LogP contribution in [0.1, 0.15) is 32.0 Å². The summed E-state index contributed by atoms with van der Waals surface area (Å²) in [6, 6.07) is 11.5. The summed E-state index contributed by atoms with van der Waals surface area (Å²) in [5, 5.41) is 10.5. The molecule has 6 nitrogen and oxygen atoms in total. The average Bonchev–Trinajstić information content (AvgIpc) is 2.93. The van der Waals surface area contributed by atoms with E-state index in [1.807, 2.05) is 13.8 Å². The number of benzene rings is 1. The molecule has 1 unspecified atom stereocenters. The summed E-state index contributed by atoms with van der Waals surface area (Å²) in [6.07, 6.45) is 1.84. The smallest absolute Gasteiger partial charge is 0.294 e. The number of aliphatic hydroxyl groups is 1. The fraction of sp³-hybridized carbons (Fsp3) is 0.286. The molecule has 2 aromatic rings. The minimum Gasteiger partial charge on any atom is -0.503 e. The SMILES string of the molecule is COc1cccc(N2C(=O)C(O)=C(C(=O)CC(C)C)C2c2ccccn2)c1. The molecule has 1 aliphatic rings. The first-order valence-electron chi connectivity index (χ1n) is 8.79. The second-order valence-corrected chi connectivity index (χ2v) is 6.82. The average molecular weight is 366 g/mol. The number of aromatic nitrogens is 1. The number of anilines is 1. The predicted octanol–water partition coefficient (Wildman–Crippen LogP) is 3.61. The van der Waals surface area contributed by atoms with Gasteiger partial charge in [0, 0.05) is 24.4 Å². The van der Waals surface area contributed by atoms with Crippen LogP contribution in [0.5, 0.6) is 5.75 Å². The molecule has 140 valence electrons. The van der Waals surface area contributed by atoms with Crippen molar-refractivity contribution in [2.75, 3.05) is 12.0 Å². The van der Waals surface area contributed by atoms with Gasteiger partial charge in [0.1, 0.15) is 11.8 Å². The van der Waals surface area contributed by atoms with Gasteiger partial charge in [-0.1, -0.05) is 26.0 Å². The summed E-state index contributed by atoms with van der Waals surface area (Å²) >= 11 is 0. The van der Waals surface area contributed by atoms with Crippen LogP contribution in [0.15, 0.2) is 60.0 Å². The molecule has 0 bridgehead atoms. The summed E-state index contributed by atoms with van der Waals surface area (Å²) in [5.74, 6) is -0.716. The number of carbonyl (C=O) groups excluding carboxylic acids is 2. The van der Waals surface area contributed by atoms with Gasteiger partial charge in [-0.15, -0.1) is 0 Å². The van der Waals surface area contributed by atoms with E-state index in [2.05, 4.69) is 4.98 Å². The van der Waals surface area contributed by atoms with Crippen molar-refractivity contribution in [1.29, 1.82) is 0 Å². The first kappa shape index (κ1) is 18.6. The Balaban J connectivity index is 2.13. The maximum atomic E-state index is 12.9. The Hall–Kier alpha value is -3.15. The molecule has 1 atom stereocenters. The van der Waals surface area contributed by atoms with Gasteiger partial charge in [0.2, 0.25) is 0 Å². The first-order chi connectivity index (χ1) is 12.9. The molecule has 0 saturated heterocycles. The Labute approximate surface area is 158 Å². The summed E-state index contributed by atoms with van der Waals surface area (Å²) in [7, 11) is 1.54. The molecular weight excluding hydrogens is 344 g/mol. The van der Waals surface area contributed by atoms with Gasteiger partial charge < -0.3 is 9.84 Å². The number of aliphatic hydroxyl groups excluding tert-OH is 1. The maximum absolute atomic E-state index is 12.9. The molecular formula is C21H22N2O4. The molecule has 0 spiro atoms. The lowest BCUT2D eigenvalue weighted by atomic mass is 9.94. The number of Topliss-reactive ketones (excluding diaryl/α,β-unsaturated/α-hetero) is 1. The number of pyridine rings is 1. The largest absolute Gasteiger partial charge is 0.503 e. The van der Waals surface area contributed by atoms with Crippen LogP contribution in [0.3, 0.4) is 0 Å². The van der Waals surface area contributed by atoms with E-state index in [9.17, 15) is 14.7 Å². The molecule has 27 heavy (non-hydrogen) atoms. The van der Waals surface area contributed by atoms with Gasteiger partial charge in [-0.05, 0) is 30.2 Å². The van der Waals surface area contributed by atoms with Crippen molar-refractivity contribution in [2.24, 2.45) is 5.92 Å². The number of carbonyl (C=O) groups is 2. The zero-order valence-corrected chi connectivity index (χ0v) is 15.5. The highest BCUT2D eigenvalue weighted by Crippen LogP contribution is 2.41. The van der Waals surface area contributed by atoms with E-state index >= 15 is 0 Å². The molecule has 1 aliphatic heterocycles. The highest BCUT2D eigenvalue weighted by atomic mass is 16.5. The van der Waals surface area contributed by atoms with Gasteiger partial charge in [0.15, 0.2) is 11.5 Å². The molecule has 1 N–H and O–H groups in total. The number of methoxy groups -OCH3 is 1. The molecule has 3 rings (SSSR count). The van der Waals surface area contributed by atoms with Crippen molar-refractivity contribution in [3.05, 3.63) is 65.7 Å². The first-order valence-corrected chi connectivity index (χ1v) is 8.79. The summed E-state index contributed by atoms with van der Waals surface area (Å²) < 4.78 is 5.25. The van der Waals surface area contributed by atoms with Crippen LogP contribution in [0.25, 0.3) is 0 Å². The van der Waals surface area contributed by atoms with Gasteiger partial charge in [-0.2, -0.15) is 0 Å². The molecule has 0 fully saturated rings. The van der Waals surface area contributed by atoms with E-state index in [0.717, 1.165) is 0 Å². The predicted molar refractivity (Wildman–Crippen MR) is 102 cm³/mol. The Morgan fingerprint density at radius 1 is 1.26 bits per heavy atom. The zero-order valence-electron chi connectivity index (χ0n) is 15.5. The minimum absolute atomic E-state index is 0.0928. The van der Waals surface area contributed by atoms with Gasteiger partial charge in [-0.3, -0.25) is 19.5 Å². The monoisotopic (exact) mass is 366 g/mol. The normalized spacial score (nSPS) is 17.0. The Kier molecular flexibility index (Phi) is 5.26. The molecule has 0 aliphatic carbocycles. The Morgan fingerprint density at radius 3 is 2.67 bits per heavy atom. The second-order valence-electron chi connectivity index (χ2n) is 6.82. The van der Waals surface area contributed by atoms with E-state index in [1.165, 1.54) is 12.0 Å². The van der Waals surface area contributed by atoms with Crippen molar-refractivity contribution in [1.82, 2.24) is 4.98 Å². The Morgan fingerprint density at radius 2 is 2.04 bits per heavy atom. The standard InChI is InChI=1S/C21H22N2O4/c1-13(2)11-17(24)18-19(16-9-4-5-10-22-16)23(21(26)20(18)25)14-7-6-8-15(12-14)27-3/h4-10,12-13,19,25H,11H2,1-3H3. The van der Waals surface area contributed by atoms with Crippen molar-refractivity contribution in [2.45, 2.75) is 26.3 Å². The van der Waals surface area contributed by atoms with Crippen LogP contribution in [0.2, 0.25) is 0 Å². The van der Waals surface area contributed by atoms with E-state index in [0.29, 0.717) is 17.1 Å². The van der Waals surface area contributed by atoms with Gasteiger partial charge in [-0.25, -0.2) is 0 Å². The third-order valence-corrected chi connectivity index (χ3v) is 4.40. The highest BCUT2D eigenvalue weighted by Gasteiger charge is 2.44. The van der Waals surface area contributed by atoms with E-state index in [1.54, 1.807) is 48.7 Å². The zero-order chi connectivity index (χ0) is 19.6. The van der Waals surface area contributed by atoms with Crippen LogP contribution < -0.4 is 9.64 Å². The maximum Gasteiger partial charge on any atom is 0.294 e. The third-order valence-electron chi connectivity index (χ3n) is 4.40. The van der Waals surface area contributed by atoms with Gasteiger partial charge >= 0.3 is 0 Å². The van der Waals surface area contributed by atoms with Gasteiger partial charge in [0.25, 0.3) is 5.91 Å². The highest BCUT2D eigenvalue weighted by molar-refractivity contribution is 6.16.